The molecule has 3 nitrogen and oxygen atoms in total. The van der Waals surface area contributed by atoms with Gasteiger partial charge in [-0.3, -0.25) is 4.79 Å². The van der Waals surface area contributed by atoms with Crippen LogP contribution >= 0.6 is 15.9 Å². The molecule has 2 aliphatic rings. The molecule has 0 aromatic heterocycles. The Labute approximate surface area is 192 Å². The zero-order valence-electron chi connectivity index (χ0n) is 17.8. The summed E-state index contributed by atoms with van der Waals surface area (Å²) in [6.45, 7) is 5.49. The second kappa shape index (κ2) is 7.38. The molecule has 1 amide bonds. The SMILES string of the molecule is CC1(C)c2ccccc2N2CC(=O)N(Cc3ccccc3)C21C=Cc1ccc(Br)cc1. The summed E-state index contributed by atoms with van der Waals surface area (Å²) in [5.41, 5.74) is 3.83. The van der Waals surface area contributed by atoms with E-state index in [-0.39, 0.29) is 11.3 Å². The highest BCUT2D eigenvalue weighted by Crippen LogP contribution is 2.56. The second-order valence-electron chi connectivity index (χ2n) is 8.80. The van der Waals surface area contributed by atoms with Crippen LogP contribution in [-0.2, 0) is 16.8 Å². The Hall–Kier alpha value is -2.85. The summed E-state index contributed by atoms with van der Waals surface area (Å²) in [5, 5.41) is 0. The first-order valence-corrected chi connectivity index (χ1v) is 11.4. The molecule has 1 fully saturated rings. The van der Waals surface area contributed by atoms with E-state index in [2.05, 4.69) is 100 Å². The first-order chi connectivity index (χ1) is 14.9. The van der Waals surface area contributed by atoms with Crippen molar-refractivity contribution >= 4 is 33.6 Å². The van der Waals surface area contributed by atoms with Crippen LogP contribution in [0, 0.1) is 0 Å². The fraction of sp³-hybridized carbons (Fsp3) is 0.222. The van der Waals surface area contributed by atoms with E-state index in [9.17, 15) is 4.79 Å². The Morgan fingerprint density at radius 2 is 1.61 bits per heavy atom. The van der Waals surface area contributed by atoms with Gasteiger partial charge < -0.3 is 9.80 Å². The van der Waals surface area contributed by atoms with Crippen molar-refractivity contribution in [2.45, 2.75) is 31.5 Å². The lowest BCUT2D eigenvalue weighted by molar-refractivity contribution is -0.131. The van der Waals surface area contributed by atoms with E-state index in [0.29, 0.717) is 13.1 Å². The number of hydrogen-bond acceptors (Lipinski definition) is 2. The van der Waals surface area contributed by atoms with Gasteiger partial charge in [0.2, 0.25) is 5.91 Å². The molecule has 0 aliphatic carbocycles. The average molecular weight is 473 g/mol. The van der Waals surface area contributed by atoms with Crippen LogP contribution in [0.4, 0.5) is 5.69 Å². The number of carbonyl (C=O) groups is 1. The van der Waals surface area contributed by atoms with E-state index in [1.807, 2.05) is 30.3 Å². The van der Waals surface area contributed by atoms with Crippen molar-refractivity contribution in [2.75, 3.05) is 11.4 Å². The van der Waals surface area contributed by atoms with E-state index in [1.165, 1.54) is 5.56 Å². The Balaban J connectivity index is 1.66. The van der Waals surface area contributed by atoms with Crippen LogP contribution in [0.25, 0.3) is 6.08 Å². The van der Waals surface area contributed by atoms with Crippen molar-refractivity contribution in [1.82, 2.24) is 4.90 Å². The van der Waals surface area contributed by atoms with Gasteiger partial charge in [0.05, 0.1) is 6.54 Å². The fourth-order valence-electron chi connectivity index (χ4n) is 5.21. The van der Waals surface area contributed by atoms with Crippen molar-refractivity contribution in [3.05, 3.63) is 106 Å². The maximum absolute atomic E-state index is 13.4. The van der Waals surface area contributed by atoms with Gasteiger partial charge in [-0.05, 0) is 41.0 Å². The number of halogens is 1. The smallest absolute Gasteiger partial charge is 0.244 e. The van der Waals surface area contributed by atoms with Gasteiger partial charge in [-0.1, -0.05) is 96.5 Å². The molecule has 0 bridgehead atoms. The van der Waals surface area contributed by atoms with E-state index < -0.39 is 5.66 Å². The number of nitrogens with zero attached hydrogens (tertiary/aromatic N) is 2. The lowest BCUT2D eigenvalue weighted by Gasteiger charge is -2.46. The molecule has 0 N–H and O–H groups in total. The molecule has 1 saturated heterocycles. The molecule has 0 radical (unpaired) electrons. The van der Waals surface area contributed by atoms with Gasteiger partial charge in [0.25, 0.3) is 0 Å². The molecule has 1 atom stereocenters. The number of amides is 1. The lowest BCUT2D eigenvalue weighted by atomic mass is 9.74. The number of para-hydroxylation sites is 1. The highest BCUT2D eigenvalue weighted by atomic mass is 79.9. The van der Waals surface area contributed by atoms with Crippen LogP contribution in [0.15, 0.2) is 89.4 Å². The van der Waals surface area contributed by atoms with Crippen LogP contribution in [-0.4, -0.2) is 23.0 Å². The minimum absolute atomic E-state index is 0.159. The molecule has 1 unspecified atom stereocenters. The van der Waals surface area contributed by atoms with E-state index in [0.717, 1.165) is 21.3 Å². The number of benzene rings is 3. The highest BCUT2D eigenvalue weighted by Gasteiger charge is 2.63. The lowest BCUT2D eigenvalue weighted by Crippen LogP contribution is -2.60. The summed E-state index contributed by atoms with van der Waals surface area (Å²) in [4.78, 5) is 17.8. The van der Waals surface area contributed by atoms with Gasteiger partial charge in [0.1, 0.15) is 5.66 Å². The largest absolute Gasteiger partial charge is 0.335 e. The van der Waals surface area contributed by atoms with Crippen molar-refractivity contribution in [1.29, 1.82) is 0 Å². The molecule has 156 valence electrons. The molecular weight excluding hydrogens is 448 g/mol. The van der Waals surface area contributed by atoms with E-state index in [4.69, 9.17) is 0 Å². The Morgan fingerprint density at radius 1 is 0.935 bits per heavy atom. The third-order valence-corrected chi connectivity index (χ3v) is 7.30. The number of hydrogen-bond donors (Lipinski definition) is 0. The Bertz CT molecular complexity index is 1150. The maximum Gasteiger partial charge on any atom is 0.244 e. The zero-order valence-corrected chi connectivity index (χ0v) is 19.3. The molecule has 4 heteroatoms. The van der Waals surface area contributed by atoms with Gasteiger partial charge in [0, 0.05) is 22.1 Å². The van der Waals surface area contributed by atoms with Crippen molar-refractivity contribution in [2.24, 2.45) is 0 Å². The van der Waals surface area contributed by atoms with Gasteiger partial charge in [-0.15, -0.1) is 0 Å². The standard InChI is InChI=1S/C27H25BrN2O/c1-26(2)23-10-6-7-11-24(23)29-19-25(31)30(18-21-8-4-3-5-9-21)27(26,29)17-16-20-12-14-22(28)15-13-20/h3-17H,18-19H2,1-2H3. The molecule has 0 saturated carbocycles. The monoisotopic (exact) mass is 472 g/mol. The Morgan fingerprint density at radius 3 is 2.35 bits per heavy atom. The van der Waals surface area contributed by atoms with E-state index >= 15 is 0 Å². The maximum atomic E-state index is 13.4. The topological polar surface area (TPSA) is 23.6 Å². The number of carbonyl (C=O) groups excluding carboxylic acids is 1. The molecular formula is C27H25BrN2O. The first kappa shape index (κ1) is 20.1. The van der Waals surface area contributed by atoms with Crippen molar-refractivity contribution < 1.29 is 4.79 Å². The van der Waals surface area contributed by atoms with Crippen LogP contribution in [0.2, 0.25) is 0 Å². The molecule has 31 heavy (non-hydrogen) atoms. The van der Waals surface area contributed by atoms with Crippen molar-refractivity contribution in [3.63, 3.8) is 0 Å². The molecule has 2 heterocycles. The zero-order chi connectivity index (χ0) is 21.6. The minimum atomic E-state index is -0.573. The number of rotatable bonds is 4. The predicted molar refractivity (Wildman–Crippen MR) is 130 cm³/mol. The quantitative estimate of drug-likeness (QED) is 0.464. The molecule has 3 aromatic carbocycles. The minimum Gasteiger partial charge on any atom is -0.335 e. The molecule has 0 spiro atoms. The van der Waals surface area contributed by atoms with Crippen LogP contribution in [0.5, 0.6) is 0 Å². The third-order valence-electron chi connectivity index (χ3n) is 6.77. The first-order valence-electron chi connectivity index (χ1n) is 10.6. The van der Waals surface area contributed by atoms with Crippen LogP contribution < -0.4 is 4.90 Å². The molecule has 3 aromatic rings. The Kier molecular flexibility index (Phi) is 4.78. The summed E-state index contributed by atoms with van der Waals surface area (Å²) >= 11 is 3.51. The number of anilines is 1. The van der Waals surface area contributed by atoms with Crippen molar-refractivity contribution in [3.8, 4) is 0 Å². The molecule has 2 aliphatic heterocycles. The molecule has 5 rings (SSSR count). The van der Waals surface area contributed by atoms with Gasteiger partial charge in [-0.25, -0.2) is 0 Å². The predicted octanol–water partition coefficient (Wildman–Crippen LogP) is 6.00. The highest BCUT2D eigenvalue weighted by molar-refractivity contribution is 9.10. The van der Waals surface area contributed by atoms with Gasteiger partial charge >= 0.3 is 0 Å². The number of fused-ring (bicyclic) bond motifs is 3. The summed E-state index contributed by atoms with van der Waals surface area (Å²) in [5.74, 6) is 0.159. The summed E-state index contributed by atoms with van der Waals surface area (Å²) < 4.78 is 1.06. The summed E-state index contributed by atoms with van der Waals surface area (Å²) in [7, 11) is 0. The van der Waals surface area contributed by atoms with Gasteiger partial charge in [-0.2, -0.15) is 0 Å². The van der Waals surface area contributed by atoms with Crippen LogP contribution in [0.1, 0.15) is 30.5 Å². The normalized spacial score (nSPS) is 21.6. The van der Waals surface area contributed by atoms with Crippen LogP contribution in [0.3, 0.4) is 0 Å². The summed E-state index contributed by atoms with van der Waals surface area (Å²) in [6.07, 6.45) is 4.40. The summed E-state index contributed by atoms with van der Waals surface area (Å²) in [6, 6.07) is 27.1. The average Bonchev–Trinajstić information content (AvgIpc) is 3.16. The van der Waals surface area contributed by atoms with E-state index in [1.54, 1.807) is 0 Å². The second-order valence-corrected chi connectivity index (χ2v) is 9.72. The van der Waals surface area contributed by atoms with Gasteiger partial charge in [0.15, 0.2) is 0 Å². The third kappa shape index (κ3) is 3.04. The fourth-order valence-corrected chi connectivity index (χ4v) is 5.47.